The smallest absolute Gasteiger partial charge is 0.228 e. The van der Waals surface area contributed by atoms with E-state index in [4.69, 9.17) is 14.2 Å². The quantitative estimate of drug-likeness (QED) is 0.819. The minimum atomic E-state index is -0.327. The van der Waals surface area contributed by atoms with E-state index in [9.17, 15) is 9.59 Å². The Morgan fingerprint density at radius 2 is 1.96 bits per heavy atom. The lowest BCUT2D eigenvalue weighted by atomic mass is 10.1. The van der Waals surface area contributed by atoms with E-state index in [1.165, 1.54) is 0 Å². The van der Waals surface area contributed by atoms with Crippen molar-refractivity contribution in [3.05, 3.63) is 18.2 Å². The van der Waals surface area contributed by atoms with Crippen molar-refractivity contribution in [2.45, 2.75) is 6.42 Å². The van der Waals surface area contributed by atoms with E-state index in [0.29, 0.717) is 50.0 Å². The van der Waals surface area contributed by atoms with E-state index >= 15 is 0 Å². The molecule has 1 atom stereocenters. The molecule has 3 rings (SSSR count). The molecule has 1 aromatic carbocycles. The fourth-order valence-electron chi connectivity index (χ4n) is 3.16. The van der Waals surface area contributed by atoms with Crippen LogP contribution in [-0.4, -0.2) is 63.8 Å². The van der Waals surface area contributed by atoms with Gasteiger partial charge in [0.25, 0.3) is 0 Å². The Morgan fingerprint density at radius 3 is 2.62 bits per heavy atom. The van der Waals surface area contributed by atoms with Gasteiger partial charge in [-0.15, -0.1) is 0 Å². The van der Waals surface area contributed by atoms with Gasteiger partial charge >= 0.3 is 0 Å². The van der Waals surface area contributed by atoms with Crippen LogP contribution in [0.5, 0.6) is 11.5 Å². The van der Waals surface area contributed by atoms with Gasteiger partial charge in [0, 0.05) is 32.1 Å². The highest BCUT2D eigenvalue weighted by Gasteiger charge is 2.38. The van der Waals surface area contributed by atoms with Crippen LogP contribution >= 0.6 is 0 Å². The molecule has 2 saturated heterocycles. The lowest BCUT2D eigenvalue weighted by Crippen LogP contribution is -2.44. The van der Waals surface area contributed by atoms with Gasteiger partial charge in [-0.25, -0.2) is 0 Å². The fourth-order valence-corrected chi connectivity index (χ4v) is 3.16. The first-order valence-corrected chi connectivity index (χ1v) is 8.03. The van der Waals surface area contributed by atoms with Crippen LogP contribution in [0.25, 0.3) is 0 Å². The molecule has 1 aromatic rings. The number of amides is 2. The standard InChI is InChI=1S/C17H22N2O5/c1-22-13-3-4-15(23-2)14(10-13)19-11-12(9-16(19)20)17(21)18-5-7-24-8-6-18/h3-4,10,12H,5-9,11H2,1-2H3/t12-/m1/s1. The van der Waals surface area contributed by atoms with Crippen molar-refractivity contribution in [1.29, 1.82) is 0 Å². The number of morpholine rings is 1. The number of hydrogen-bond donors (Lipinski definition) is 0. The molecule has 0 unspecified atom stereocenters. The lowest BCUT2D eigenvalue weighted by Gasteiger charge is -2.29. The second-order valence-electron chi connectivity index (χ2n) is 5.88. The highest BCUT2D eigenvalue weighted by atomic mass is 16.5. The zero-order valence-electron chi connectivity index (χ0n) is 14.0. The second kappa shape index (κ2) is 7.09. The average molecular weight is 334 g/mol. The molecule has 7 heteroatoms. The van der Waals surface area contributed by atoms with E-state index in [1.54, 1.807) is 42.2 Å². The molecule has 2 aliphatic heterocycles. The van der Waals surface area contributed by atoms with Gasteiger partial charge in [0.15, 0.2) is 0 Å². The van der Waals surface area contributed by atoms with Gasteiger partial charge < -0.3 is 24.0 Å². The highest BCUT2D eigenvalue weighted by Crippen LogP contribution is 2.36. The van der Waals surface area contributed by atoms with Crippen molar-refractivity contribution in [1.82, 2.24) is 4.90 Å². The first kappa shape index (κ1) is 16.6. The molecule has 0 aliphatic carbocycles. The van der Waals surface area contributed by atoms with E-state index in [-0.39, 0.29) is 24.2 Å². The number of nitrogens with zero attached hydrogens (tertiary/aromatic N) is 2. The van der Waals surface area contributed by atoms with Crippen molar-refractivity contribution >= 4 is 17.5 Å². The van der Waals surface area contributed by atoms with Crippen molar-refractivity contribution in [2.24, 2.45) is 5.92 Å². The Morgan fingerprint density at radius 1 is 1.21 bits per heavy atom. The van der Waals surface area contributed by atoms with Crippen molar-refractivity contribution in [3.8, 4) is 11.5 Å². The Bertz CT molecular complexity index is 627. The van der Waals surface area contributed by atoms with E-state index in [2.05, 4.69) is 0 Å². The van der Waals surface area contributed by atoms with Gasteiger partial charge in [-0.1, -0.05) is 0 Å². The molecule has 2 heterocycles. The average Bonchev–Trinajstić information content (AvgIpc) is 3.02. The molecule has 0 N–H and O–H groups in total. The van der Waals surface area contributed by atoms with Crippen LogP contribution in [0.15, 0.2) is 18.2 Å². The topological polar surface area (TPSA) is 68.3 Å². The molecule has 0 saturated carbocycles. The number of anilines is 1. The zero-order chi connectivity index (χ0) is 17.1. The van der Waals surface area contributed by atoms with Crippen LogP contribution in [0, 0.1) is 5.92 Å². The van der Waals surface area contributed by atoms with Crippen LogP contribution in [-0.2, 0) is 14.3 Å². The number of carbonyl (C=O) groups is 2. The largest absolute Gasteiger partial charge is 0.497 e. The summed E-state index contributed by atoms with van der Waals surface area (Å²) in [5, 5.41) is 0. The Balaban J connectivity index is 1.78. The van der Waals surface area contributed by atoms with Crippen molar-refractivity contribution in [3.63, 3.8) is 0 Å². The molecule has 2 aliphatic rings. The number of carbonyl (C=O) groups excluding carboxylic acids is 2. The number of benzene rings is 1. The molecule has 0 aromatic heterocycles. The third-order valence-corrected chi connectivity index (χ3v) is 4.47. The van der Waals surface area contributed by atoms with Crippen LogP contribution in [0.3, 0.4) is 0 Å². The molecular formula is C17H22N2O5. The maximum absolute atomic E-state index is 12.6. The van der Waals surface area contributed by atoms with Gasteiger partial charge in [-0.05, 0) is 12.1 Å². The first-order valence-electron chi connectivity index (χ1n) is 8.03. The molecule has 0 bridgehead atoms. The first-order chi connectivity index (χ1) is 11.6. The molecule has 2 fully saturated rings. The lowest BCUT2D eigenvalue weighted by molar-refractivity contribution is -0.139. The summed E-state index contributed by atoms with van der Waals surface area (Å²) in [6.07, 6.45) is 0.219. The Hall–Kier alpha value is -2.28. The van der Waals surface area contributed by atoms with E-state index in [0.717, 1.165) is 0 Å². The minimum absolute atomic E-state index is 0.0241. The number of methoxy groups -OCH3 is 2. The predicted molar refractivity (Wildman–Crippen MR) is 87.4 cm³/mol. The summed E-state index contributed by atoms with van der Waals surface area (Å²) in [6, 6.07) is 5.30. The summed E-state index contributed by atoms with van der Waals surface area (Å²) in [6.45, 7) is 2.65. The summed E-state index contributed by atoms with van der Waals surface area (Å²) in [5.41, 5.74) is 0.638. The summed E-state index contributed by atoms with van der Waals surface area (Å²) in [4.78, 5) is 28.5. The molecule has 7 nitrogen and oxygen atoms in total. The van der Waals surface area contributed by atoms with Gasteiger partial charge in [0.2, 0.25) is 11.8 Å². The number of hydrogen-bond acceptors (Lipinski definition) is 5. The number of ether oxygens (including phenoxy) is 3. The number of rotatable bonds is 4. The zero-order valence-corrected chi connectivity index (χ0v) is 14.0. The second-order valence-corrected chi connectivity index (χ2v) is 5.88. The van der Waals surface area contributed by atoms with Gasteiger partial charge in [0.05, 0.1) is 39.0 Å². The summed E-state index contributed by atoms with van der Waals surface area (Å²) < 4.78 is 15.9. The summed E-state index contributed by atoms with van der Waals surface area (Å²) in [7, 11) is 3.13. The van der Waals surface area contributed by atoms with E-state index < -0.39 is 0 Å². The SMILES string of the molecule is COc1ccc(OC)c(N2C[C@H](C(=O)N3CCOCC3)CC2=O)c1. The van der Waals surface area contributed by atoms with Crippen LogP contribution in [0.4, 0.5) is 5.69 Å². The molecule has 24 heavy (non-hydrogen) atoms. The normalized spacial score (nSPS) is 21.1. The minimum Gasteiger partial charge on any atom is -0.497 e. The Kier molecular flexibility index (Phi) is 4.89. The highest BCUT2D eigenvalue weighted by molar-refractivity contribution is 6.01. The van der Waals surface area contributed by atoms with Crippen LogP contribution in [0.1, 0.15) is 6.42 Å². The van der Waals surface area contributed by atoms with Crippen molar-refractivity contribution < 1.29 is 23.8 Å². The molecule has 130 valence electrons. The molecular weight excluding hydrogens is 312 g/mol. The van der Waals surface area contributed by atoms with E-state index in [1.807, 2.05) is 0 Å². The third-order valence-electron chi connectivity index (χ3n) is 4.47. The predicted octanol–water partition coefficient (Wildman–Crippen LogP) is 0.915. The van der Waals surface area contributed by atoms with Gasteiger partial charge in [-0.3, -0.25) is 9.59 Å². The van der Waals surface area contributed by atoms with Crippen LogP contribution in [0.2, 0.25) is 0 Å². The van der Waals surface area contributed by atoms with Gasteiger partial charge in [-0.2, -0.15) is 0 Å². The molecule has 2 amide bonds. The Labute approximate surface area is 141 Å². The summed E-state index contributed by atoms with van der Waals surface area (Å²) in [5.74, 6) is 0.848. The molecule has 0 spiro atoms. The third kappa shape index (κ3) is 3.17. The monoisotopic (exact) mass is 334 g/mol. The summed E-state index contributed by atoms with van der Waals surface area (Å²) >= 11 is 0. The van der Waals surface area contributed by atoms with Gasteiger partial charge in [0.1, 0.15) is 11.5 Å². The fraction of sp³-hybridized carbons (Fsp3) is 0.529. The maximum Gasteiger partial charge on any atom is 0.228 e. The van der Waals surface area contributed by atoms with Crippen molar-refractivity contribution in [2.75, 3.05) is 52.0 Å². The van der Waals surface area contributed by atoms with Crippen LogP contribution < -0.4 is 14.4 Å². The molecule has 0 radical (unpaired) electrons. The maximum atomic E-state index is 12.6.